The van der Waals surface area contributed by atoms with Gasteiger partial charge in [0.2, 0.25) is 29.7 Å². The Kier molecular flexibility index (Phi) is 24.4. The fraction of sp³-hybridized carbons (Fsp3) is 0.485. The molecule has 0 aliphatic carbocycles. The number of ether oxygens (including phenoxy) is 8. The zero-order valence-electron chi connectivity index (χ0n) is 30.9. The van der Waals surface area contributed by atoms with E-state index in [-0.39, 0.29) is 111 Å². The summed E-state index contributed by atoms with van der Waals surface area (Å²) in [5, 5.41) is 5.01. The number of carbonyl (C=O) groups is 6. The molecule has 0 radical (unpaired) electrons. The lowest BCUT2D eigenvalue weighted by Crippen LogP contribution is -2.41. The first-order chi connectivity index (χ1) is 26.5. The van der Waals surface area contributed by atoms with E-state index in [2.05, 4.69) is 51.9 Å². The second-order valence-electron chi connectivity index (χ2n) is 10.2. The van der Waals surface area contributed by atoms with Crippen LogP contribution in [0.15, 0.2) is 50.6 Å². The monoisotopic (exact) mass is 780 g/mol. The van der Waals surface area contributed by atoms with Crippen LogP contribution in [0.5, 0.6) is 0 Å². The van der Waals surface area contributed by atoms with E-state index < -0.39 is 35.7 Å². The number of rotatable bonds is 31. The van der Waals surface area contributed by atoms with Crippen molar-refractivity contribution in [2.45, 2.75) is 0 Å². The Morgan fingerprint density at radius 3 is 0.982 bits per heavy atom. The van der Waals surface area contributed by atoms with Gasteiger partial charge in [0.1, 0.15) is 66.4 Å². The lowest BCUT2D eigenvalue weighted by atomic mass is 10.5. The molecule has 0 aliphatic heterocycles. The van der Waals surface area contributed by atoms with Gasteiger partial charge in [-0.15, -0.1) is 0 Å². The van der Waals surface area contributed by atoms with Gasteiger partial charge in [0, 0.05) is 38.4 Å². The van der Waals surface area contributed by atoms with E-state index in [1.165, 1.54) is 28.8 Å². The average molecular weight is 781 g/mol. The van der Waals surface area contributed by atoms with Crippen LogP contribution < -0.4 is 25.3 Å². The van der Waals surface area contributed by atoms with Crippen LogP contribution in [0, 0.1) is 0 Å². The first kappa shape index (κ1) is 47.1. The molecular formula is C33H48N8O14. The summed E-state index contributed by atoms with van der Waals surface area (Å²) in [4.78, 5) is 88.8. The van der Waals surface area contributed by atoms with E-state index in [1.807, 2.05) is 0 Å². The molecule has 0 aliphatic rings. The van der Waals surface area contributed by atoms with Crippen molar-refractivity contribution in [1.82, 2.24) is 25.6 Å². The van der Waals surface area contributed by atoms with E-state index >= 15 is 0 Å². The molecular weight excluding hydrogens is 732 g/mol. The highest BCUT2D eigenvalue weighted by Gasteiger charge is 2.24. The second-order valence-corrected chi connectivity index (χ2v) is 10.2. The van der Waals surface area contributed by atoms with Crippen LogP contribution in [-0.2, 0) is 66.7 Å². The van der Waals surface area contributed by atoms with Crippen LogP contribution in [0.2, 0.25) is 0 Å². The number of hydrogen-bond donors (Lipinski definition) is 2. The minimum atomic E-state index is -0.655. The average Bonchev–Trinajstić information content (AvgIpc) is 3.20. The minimum Gasteiger partial charge on any atom is -0.460 e. The van der Waals surface area contributed by atoms with E-state index in [4.69, 9.17) is 37.9 Å². The molecule has 22 heteroatoms. The summed E-state index contributed by atoms with van der Waals surface area (Å²) in [7, 11) is 2.84. The minimum absolute atomic E-state index is 0.0715. The van der Waals surface area contributed by atoms with Crippen molar-refractivity contribution >= 4 is 53.5 Å². The number of likely N-dealkylation sites (N-methyl/N-ethyl adjacent to an activating group) is 2. The number of anilines is 3. The van der Waals surface area contributed by atoms with Gasteiger partial charge in [-0.3, -0.25) is 14.5 Å². The molecule has 0 unspecified atom stereocenters. The van der Waals surface area contributed by atoms with Crippen LogP contribution in [0.3, 0.4) is 0 Å². The number of amides is 2. The first-order valence-corrected chi connectivity index (χ1v) is 16.4. The van der Waals surface area contributed by atoms with Gasteiger partial charge in [-0.25, -0.2) is 19.2 Å². The molecule has 0 atom stereocenters. The van der Waals surface area contributed by atoms with Crippen molar-refractivity contribution in [1.29, 1.82) is 0 Å². The van der Waals surface area contributed by atoms with Gasteiger partial charge in [-0.2, -0.15) is 15.0 Å². The molecule has 1 aromatic rings. The first-order valence-electron chi connectivity index (χ1n) is 16.4. The normalized spacial score (nSPS) is 10.2. The van der Waals surface area contributed by atoms with Crippen molar-refractivity contribution in [3.8, 4) is 0 Å². The molecule has 1 heterocycles. The molecule has 0 spiro atoms. The molecule has 1 rings (SSSR count). The summed E-state index contributed by atoms with van der Waals surface area (Å²) in [6.45, 7) is 10.8. The Hall–Kier alpha value is -5.97. The van der Waals surface area contributed by atoms with Gasteiger partial charge >= 0.3 is 23.9 Å². The Morgan fingerprint density at radius 2 is 0.727 bits per heavy atom. The highest BCUT2D eigenvalue weighted by molar-refractivity contribution is 5.83. The maximum atomic E-state index is 12.6. The van der Waals surface area contributed by atoms with Gasteiger partial charge in [0.15, 0.2) is 0 Å². The Morgan fingerprint density at radius 1 is 0.473 bits per heavy atom. The van der Waals surface area contributed by atoms with Gasteiger partial charge < -0.3 is 58.3 Å². The third kappa shape index (κ3) is 20.8. The number of aromatic nitrogens is 3. The molecule has 1 aromatic heterocycles. The summed E-state index contributed by atoms with van der Waals surface area (Å²) >= 11 is 0. The SMILES string of the molecule is C=CC(=O)OCCOCN(COCCOC(=O)C=C)c1nc(N(COCCOC(=O)C=C)CC(=O)NC)nc(N(COCCOC(=O)C=C)CC(=O)NC)n1. The fourth-order valence-electron chi connectivity index (χ4n) is 3.51. The summed E-state index contributed by atoms with van der Waals surface area (Å²) in [6.07, 6.45) is 3.98. The lowest BCUT2D eigenvalue weighted by molar-refractivity contribution is -0.140. The standard InChI is InChI=1S/C33H48N8O14/c1-7-27(44)52-15-11-48-21-39(19-25(42)34-5)31-36-32(40(20-26(43)35-6)22-49-12-16-53-28(45)8-2)38-33(37-31)41(23-50-13-17-54-29(46)9-3)24-51-14-18-55-30(47)10-4/h7-10H,1-4,11-24H2,5-6H3,(H,34,42)(H,35,43). The Labute approximate surface area is 318 Å². The third-order valence-electron chi connectivity index (χ3n) is 6.22. The van der Waals surface area contributed by atoms with Gasteiger partial charge in [-0.1, -0.05) is 26.3 Å². The molecule has 0 fully saturated rings. The molecule has 0 saturated carbocycles. The van der Waals surface area contributed by atoms with Crippen molar-refractivity contribution < 1.29 is 66.7 Å². The van der Waals surface area contributed by atoms with Crippen molar-refractivity contribution in [3.05, 3.63) is 50.6 Å². The summed E-state index contributed by atoms with van der Waals surface area (Å²) in [5.41, 5.74) is 0. The molecule has 304 valence electrons. The smallest absolute Gasteiger partial charge is 0.330 e. The van der Waals surface area contributed by atoms with E-state index in [9.17, 15) is 28.8 Å². The molecule has 0 saturated heterocycles. The van der Waals surface area contributed by atoms with Crippen LogP contribution in [0.1, 0.15) is 0 Å². The second kappa shape index (κ2) is 28.5. The summed E-state index contributed by atoms with van der Waals surface area (Å²) < 4.78 is 42.5. The molecule has 0 aromatic carbocycles. The maximum Gasteiger partial charge on any atom is 0.330 e. The van der Waals surface area contributed by atoms with Gasteiger partial charge in [0.25, 0.3) is 0 Å². The topological polar surface area (TPSA) is 249 Å². The van der Waals surface area contributed by atoms with Crippen LogP contribution in [-0.4, -0.2) is 158 Å². The summed E-state index contributed by atoms with van der Waals surface area (Å²) in [6, 6.07) is 0. The van der Waals surface area contributed by atoms with Crippen LogP contribution >= 0.6 is 0 Å². The van der Waals surface area contributed by atoms with Crippen molar-refractivity contribution in [2.75, 3.05) is 122 Å². The third-order valence-corrected chi connectivity index (χ3v) is 6.22. The maximum absolute atomic E-state index is 12.6. The molecule has 22 nitrogen and oxygen atoms in total. The number of hydrogen-bond acceptors (Lipinski definition) is 20. The van der Waals surface area contributed by atoms with E-state index in [0.29, 0.717) is 0 Å². The number of carbonyl (C=O) groups excluding carboxylic acids is 6. The van der Waals surface area contributed by atoms with E-state index in [0.717, 1.165) is 24.3 Å². The zero-order valence-corrected chi connectivity index (χ0v) is 30.9. The number of esters is 4. The molecule has 0 bridgehead atoms. The highest BCUT2D eigenvalue weighted by Crippen LogP contribution is 2.20. The van der Waals surface area contributed by atoms with Gasteiger partial charge in [0.05, 0.1) is 26.4 Å². The van der Waals surface area contributed by atoms with E-state index in [1.54, 1.807) is 0 Å². The van der Waals surface area contributed by atoms with Crippen LogP contribution in [0.4, 0.5) is 17.8 Å². The largest absolute Gasteiger partial charge is 0.460 e. The van der Waals surface area contributed by atoms with Crippen molar-refractivity contribution in [2.24, 2.45) is 0 Å². The van der Waals surface area contributed by atoms with Gasteiger partial charge in [-0.05, 0) is 0 Å². The predicted molar refractivity (Wildman–Crippen MR) is 193 cm³/mol. The number of nitrogens with zero attached hydrogens (tertiary/aromatic N) is 6. The molecule has 2 amide bonds. The Balaban J connectivity index is 3.63. The highest BCUT2D eigenvalue weighted by atomic mass is 16.6. The quantitative estimate of drug-likeness (QED) is 0.0289. The van der Waals surface area contributed by atoms with Crippen LogP contribution in [0.25, 0.3) is 0 Å². The molecule has 2 N–H and O–H groups in total. The van der Waals surface area contributed by atoms with Crippen molar-refractivity contribution in [3.63, 3.8) is 0 Å². The predicted octanol–water partition coefficient (Wildman–Crippen LogP) is -1.40. The number of nitrogens with one attached hydrogen (secondary N) is 2. The summed E-state index contributed by atoms with van der Waals surface area (Å²) in [5.74, 6) is -3.90. The molecule has 55 heavy (non-hydrogen) atoms. The fourth-order valence-corrected chi connectivity index (χ4v) is 3.51. The Bertz CT molecular complexity index is 1350. The lowest BCUT2D eigenvalue weighted by Gasteiger charge is -2.28. The zero-order chi connectivity index (χ0) is 40.8.